The predicted molar refractivity (Wildman–Crippen MR) is 60.8 cm³/mol. The van der Waals surface area contributed by atoms with Crippen LogP contribution < -0.4 is 4.90 Å². The quantitative estimate of drug-likeness (QED) is 0.796. The fourth-order valence-electron chi connectivity index (χ4n) is 2.49. The topological polar surface area (TPSA) is 23.5 Å². The van der Waals surface area contributed by atoms with Crippen molar-refractivity contribution >= 4 is 5.69 Å². The normalized spacial score (nSPS) is 22.3. The minimum atomic E-state index is -0.244. The molecule has 1 aliphatic heterocycles. The minimum absolute atomic E-state index is 0.244. The molecule has 1 fully saturated rings. The van der Waals surface area contributed by atoms with Crippen LogP contribution in [0.3, 0.4) is 0 Å². The van der Waals surface area contributed by atoms with Crippen LogP contribution in [0, 0.1) is 5.92 Å². The van der Waals surface area contributed by atoms with E-state index < -0.39 is 0 Å². The first kappa shape index (κ1) is 9.22. The second kappa shape index (κ2) is 3.53. The van der Waals surface area contributed by atoms with Crippen molar-refractivity contribution in [3.63, 3.8) is 0 Å². The molecular formula is C13H17NO. The van der Waals surface area contributed by atoms with Gasteiger partial charge >= 0.3 is 0 Å². The lowest BCUT2D eigenvalue weighted by molar-refractivity contribution is 0.143. The second-order valence-corrected chi connectivity index (χ2v) is 4.68. The van der Waals surface area contributed by atoms with Gasteiger partial charge in [0.1, 0.15) is 6.23 Å². The molecule has 0 radical (unpaired) electrons. The summed E-state index contributed by atoms with van der Waals surface area (Å²) in [5, 5.41) is 10.2. The molecule has 1 unspecified atom stereocenters. The van der Waals surface area contributed by atoms with Gasteiger partial charge in [-0.15, -0.1) is 0 Å². The Morgan fingerprint density at radius 1 is 1.27 bits per heavy atom. The maximum absolute atomic E-state index is 10.2. The van der Waals surface area contributed by atoms with Crippen molar-refractivity contribution in [2.75, 3.05) is 11.4 Å². The Hall–Kier alpha value is -1.02. The lowest BCUT2D eigenvalue weighted by atomic mass is 10.0. The van der Waals surface area contributed by atoms with Crippen LogP contribution in [-0.4, -0.2) is 17.9 Å². The summed E-state index contributed by atoms with van der Waals surface area (Å²) >= 11 is 0. The number of rotatable bonds is 2. The number of anilines is 1. The molecular weight excluding hydrogens is 186 g/mol. The lowest BCUT2D eigenvalue weighted by Gasteiger charge is -2.35. The van der Waals surface area contributed by atoms with E-state index in [1.54, 1.807) is 0 Å². The number of aryl methyl sites for hydroxylation is 1. The molecule has 1 saturated carbocycles. The first-order chi connectivity index (χ1) is 7.36. The molecule has 0 bridgehead atoms. The molecule has 0 saturated heterocycles. The van der Waals surface area contributed by atoms with Crippen molar-refractivity contribution < 1.29 is 5.11 Å². The summed E-state index contributed by atoms with van der Waals surface area (Å²) in [6.07, 6.45) is 4.47. The Morgan fingerprint density at radius 3 is 2.87 bits per heavy atom. The standard InChI is InChI=1S/C13H17NO/c15-13(11-7-8-11)14-9-3-5-10-4-1-2-6-12(10)14/h1-2,4,6,11,13,15H,3,5,7-9H2. The van der Waals surface area contributed by atoms with E-state index in [0.717, 1.165) is 13.0 Å². The molecule has 1 aromatic rings. The molecule has 3 rings (SSSR count). The monoisotopic (exact) mass is 203 g/mol. The van der Waals surface area contributed by atoms with Crippen molar-refractivity contribution in [3.05, 3.63) is 29.8 Å². The van der Waals surface area contributed by atoms with Crippen molar-refractivity contribution in [2.45, 2.75) is 31.9 Å². The summed E-state index contributed by atoms with van der Waals surface area (Å²) in [4.78, 5) is 2.19. The Bertz CT molecular complexity index is 359. The molecule has 80 valence electrons. The molecule has 15 heavy (non-hydrogen) atoms. The number of para-hydroxylation sites is 1. The first-order valence-electron chi connectivity index (χ1n) is 5.89. The van der Waals surface area contributed by atoms with Crippen LogP contribution in [0.25, 0.3) is 0 Å². The third kappa shape index (κ3) is 1.63. The van der Waals surface area contributed by atoms with Crippen molar-refractivity contribution in [1.29, 1.82) is 0 Å². The SMILES string of the molecule is OC(C1CC1)N1CCCc2ccccc21. The Balaban J connectivity index is 1.91. The zero-order valence-electron chi connectivity index (χ0n) is 8.89. The third-order valence-electron chi connectivity index (χ3n) is 3.51. The van der Waals surface area contributed by atoms with Gasteiger partial charge in [0.2, 0.25) is 0 Å². The van der Waals surface area contributed by atoms with Gasteiger partial charge in [-0.2, -0.15) is 0 Å². The summed E-state index contributed by atoms with van der Waals surface area (Å²) in [5.41, 5.74) is 2.65. The number of nitrogens with zero attached hydrogens (tertiary/aromatic N) is 1. The fraction of sp³-hybridized carbons (Fsp3) is 0.538. The van der Waals surface area contributed by atoms with E-state index in [4.69, 9.17) is 0 Å². The van der Waals surface area contributed by atoms with Gasteiger partial charge in [-0.05, 0) is 37.3 Å². The van der Waals surface area contributed by atoms with Crippen LogP contribution in [0.2, 0.25) is 0 Å². The molecule has 1 atom stereocenters. The van der Waals surface area contributed by atoms with Crippen molar-refractivity contribution in [1.82, 2.24) is 0 Å². The Kier molecular flexibility index (Phi) is 2.17. The Morgan fingerprint density at radius 2 is 2.07 bits per heavy atom. The molecule has 2 nitrogen and oxygen atoms in total. The highest BCUT2D eigenvalue weighted by Crippen LogP contribution is 2.38. The highest BCUT2D eigenvalue weighted by molar-refractivity contribution is 5.55. The van der Waals surface area contributed by atoms with E-state index >= 15 is 0 Å². The van der Waals surface area contributed by atoms with E-state index in [2.05, 4.69) is 29.2 Å². The van der Waals surface area contributed by atoms with Gasteiger partial charge in [0, 0.05) is 18.2 Å². The zero-order chi connectivity index (χ0) is 10.3. The summed E-state index contributed by atoms with van der Waals surface area (Å²) in [6, 6.07) is 8.48. The van der Waals surface area contributed by atoms with Crippen LogP contribution in [0.5, 0.6) is 0 Å². The van der Waals surface area contributed by atoms with Gasteiger partial charge < -0.3 is 10.0 Å². The summed E-state index contributed by atoms with van der Waals surface area (Å²) in [7, 11) is 0. The van der Waals surface area contributed by atoms with Crippen molar-refractivity contribution in [3.8, 4) is 0 Å². The van der Waals surface area contributed by atoms with Crippen LogP contribution in [-0.2, 0) is 6.42 Å². The number of hydrogen-bond donors (Lipinski definition) is 1. The van der Waals surface area contributed by atoms with E-state index in [-0.39, 0.29) is 6.23 Å². The van der Waals surface area contributed by atoms with Gasteiger partial charge in [-0.3, -0.25) is 0 Å². The van der Waals surface area contributed by atoms with E-state index in [1.807, 2.05) is 0 Å². The number of benzene rings is 1. The maximum atomic E-state index is 10.2. The average Bonchev–Trinajstić information content (AvgIpc) is 3.11. The zero-order valence-corrected chi connectivity index (χ0v) is 8.89. The second-order valence-electron chi connectivity index (χ2n) is 4.68. The first-order valence-corrected chi connectivity index (χ1v) is 5.89. The highest BCUT2D eigenvalue weighted by Gasteiger charge is 2.35. The predicted octanol–water partition coefficient (Wildman–Crippen LogP) is 2.17. The van der Waals surface area contributed by atoms with E-state index in [9.17, 15) is 5.11 Å². The number of fused-ring (bicyclic) bond motifs is 1. The number of hydrogen-bond acceptors (Lipinski definition) is 2. The van der Waals surface area contributed by atoms with Crippen LogP contribution in [0.4, 0.5) is 5.69 Å². The lowest BCUT2D eigenvalue weighted by Crippen LogP contribution is -2.40. The van der Waals surface area contributed by atoms with Gasteiger partial charge in [-0.1, -0.05) is 18.2 Å². The minimum Gasteiger partial charge on any atom is -0.373 e. The fourth-order valence-corrected chi connectivity index (χ4v) is 2.49. The van der Waals surface area contributed by atoms with Gasteiger partial charge in [0.15, 0.2) is 0 Å². The van der Waals surface area contributed by atoms with Gasteiger partial charge in [0.05, 0.1) is 0 Å². The van der Waals surface area contributed by atoms with Crippen LogP contribution >= 0.6 is 0 Å². The summed E-state index contributed by atoms with van der Waals surface area (Å²) < 4.78 is 0. The molecule has 1 aromatic carbocycles. The average molecular weight is 203 g/mol. The highest BCUT2D eigenvalue weighted by atomic mass is 16.3. The summed E-state index contributed by atoms with van der Waals surface area (Å²) in [5.74, 6) is 0.524. The van der Waals surface area contributed by atoms with Gasteiger partial charge in [0.25, 0.3) is 0 Å². The molecule has 2 aliphatic rings. The number of aliphatic hydroxyl groups is 1. The van der Waals surface area contributed by atoms with E-state index in [0.29, 0.717) is 5.92 Å². The molecule has 0 spiro atoms. The van der Waals surface area contributed by atoms with E-state index in [1.165, 1.54) is 30.5 Å². The molecule has 1 aliphatic carbocycles. The summed E-state index contributed by atoms with van der Waals surface area (Å²) in [6.45, 7) is 1.01. The third-order valence-corrected chi connectivity index (χ3v) is 3.51. The largest absolute Gasteiger partial charge is 0.373 e. The maximum Gasteiger partial charge on any atom is 0.129 e. The van der Waals surface area contributed by atoms with Crippen molar-refractivity contribution in [2.24, 2.45) is 5.92 Å². The number of aliphatic hydroxyl groups excluding tert-OH is 1. The van der Waals surface area contributed by atoms with Crippen LogP contribution in [0.15, 0.2) is 24.3 Å². The molecule has 1 N–H and O–H groups in total. The smallest absolute Gasteiger partial charge is 0.129 e. The molecule has 0 amide bonds. The molecule has 2 heteroatoms. The molecule has 0 aromatic heterocycles. The Labute approximate surface area is 90.5 Å². The van der Waals surface area contributed by atoms with Crippen LogP contribution in [0.1, 0.15) is 24.8 Å². The van der Waals surface area contributed by atoms with Gasteiger partial charge in [-0.25, -0.2) is 0 Å². The molecule has 1 heterocycles.